The smallest absolute Gasteiger partial charge is 0.395 e. The first kappa shape index (κ1) is 16.6. The van der Waals surface area contributed by atoms with Crippen LogP contribution in [0.15, 0.2) is 45.7 Å². The third-order valence-electron chi connectivity index (χ3n) is 2.87. The standard InChI is InChI=1S/C13H13N3O6S/c1-15(2)23(20,21)10-5-3-4-9(8-10)14-13(17)11-6-7-12(22-11)16(18)19/h3-8H,1-2H3,(H,14,17). The molecule has 2 rings (SSSR count). The summed E-state index contributed by atoms with van der Waals surface area (Å²) in [5, 5.41) is 12.9. The topological polar surface area (TPSA) is 123 Å². The van der Waals surface area contributed by atoms with E-state index in [1.165, 1.54) is 38.4 Å². The van der Waals surface area contributed by atoms with E-state index < -0.39 is 26.7 Å². The Labute approximate surface area is 131 Å². The van der Waals surface area contributed by atoms with Gasteiger partial charge in [-0.15, -0.1) is 0 Å². The number of benzene rings is 1. The molecular weight excluding hydrogens is 326 g/mol. The second kappa shape index (κ2) is 6.18. The van der Waals surface area contributed by atoms with Crippen LogP contribution in [0.25, 0.3) is 0 Å². The van der Waals surface area contributed by atoms with Gasteiger partial charge in [0.2, 0.25) is 10.0 Å². The molecule has 0 atom stereocenters. The molecule has 9 nitrogen and oxygen atoms in total. The fourth-order valence-corrected chi connectivity index (χ4v) is 2.63. The number of carbonyl (C=O) groups excluding carboxylic acids is 1. The predicted molar refractivity (Wildman–Crippen MR) is 80.6 cm³/mol. The van der Waals surface area contributed by atoms with E-state index >= 15 is 0 Å². The number of sulfonamides is 1. The molecule has 23 heavy (non-hydrogen) atoms. The Kier molecular flexibility index (Phi) is 4.48. The van der Waals surface area contributed by atoms with Crippen molar-refractivity contribution in [2.24, 2.45) is 0 Å². The maximum absolute atomic E-state index is 12.0. The van der Waals surface area contributed by atoms with Crippen molar-refractivity contribution in [3.63, 3.8) is 0 Å². The quantitative estimate of drug-likeness (QED) is 0.653. The van der Waals surface area contributed by atoms with Crippen LogP contribution < -0.4 is 5.32 Å². The van der Waals surface area contributed by atoms with E-state index in [1.807, 2.05) is 0 Å². The molecular formula is C13H13N3O6S. The Morgan fingerprint density at radius 1 is 1.26 bits per heavy atom. The summed E-state index contributed by atoms with van der Waals surface area (Å²) >= 11 is 0. The van der Waals surface area contributed by atoms with Crippen LogP contribution in [0.5, 0.6) is 0 Å². The largest absolute Gasteiger partial charge is 0.433 e. The van der Waals surface area contributed by atoms with Gasteiger partial charge in [0.25, 0.3) is 5.91 Å². The average Bonchev–Trinajstić information content (AvgIpc) is 2.97. The summed E-state index contributed by atoms with van der Waals surface area (Å²) in [6, 6.07) is 7.85. The highest BCUT2D eigenvalue weighted by atomic mass is 32.2. The first-order valence-electron chi connectivity index (χ1n) is 6.30. The molecule has 1 aromatic heterocycles. The van der Waals surface area contributed by atoms with Crippen molar-refractivity contribution < 1.29 is 22.6 Å². The minimum absolute atomic E-state index is 0.00530. The summed E-state index contributed by atoms with van der Waals surface area (Å²) in [5.41, 5.74) is 0.219. The first-order valence-corrected chi connectivity index (χ1v) is 7.74. The summed E-state index contributed by atoms with van der Waals surface area (Å²) < 4.78 is 29.9. The van der Waals surface area contributed by atoms with E-state index in [9.17, 15) is 23.3 Å². The molecule has 0 aliphatic rings. The maximum atomic E-state index is 12.0. The van der Waals surface area contributed by atoms with Crippen LogP contribution in [0.1, 0.15) is 10.6 Å². The van der Waals surface area contributed by atoms with Gasteiger partial charge in [0, 0.05) is 19.8 Å². The Balaban J connectivity index is 2.23. The summed E-state index contributed by atoms with van der Waals surface area (Å²) in [7, 11) is -0.855. The molecule has 0 aliphatic heterocycles. The van der Waals surface area contributed by atoms with Crippen LogP contribution in [-0.4, -0.2) is 37.6 Å². The summed E-state index contributed by atoms with van der Waals surface area (Å²) in [4.78, 5) is 21.7. The number of carbonyl (C=O) groups is 1. The molecule has 122 valence electrons. The lowest BCUT2D eigenvalue weighted by Gasteiger charge is -2.12. The van der Waals surface area contributed by atoms with Crippen LogP contribution in [0.4, 0.5) is 11.6 Å². The normalized spacial score (nSPS) is 11.4. The van der Waals surface area contributed by atoms with Gasteiger partial charge in [-0.3, -0.25) is 14.9 Å². The molecule has 0 radical (unpaired) electrons. The number of anilines is 1. The van der Waals surface area contributed by atoms with Gasteiger partial charge < -0.3 is 9.73 Å². The summed E-state index contributed by atoms with van der Waals surface area (Å²) in [5.74, 6) is -1.53. The van der Waals surface area contributed by atoms with Gasteiger partial charge in [-0.2, -0.15) is 0 Å². The zero-order chi connectivity index (χ0) is 17.2. The molecule has 0 saturated carbocycles. The van der Waals surface area contributed by atoms with Crippen LogP contribution in [0, 0.1) is 10.1 Å². The molecule has 0 unspecified atom stereocenters. The van der Waals surface area contributed by atoms with Gasteiger partial charge in [-0.1, -0.05) is 6.07 Å². The molecule has 1 amide bonds. The number of nitrogens with one attached hydrogen (secondary N) is 1. The molecule has 0 aliphatic carbocycles. The van der Waals surface area contributed by atoms with Crippen molar-refractivity contribution in [1.82, 2.24) is 4.31 Å². The Morgan fingerprint density at radius 2 is 1.96 bits per heavy atom. The highest BCUT2D eigenvalue weighted by Crippen LogP contribution is 2.20. The van der Waals surface area contributed by atoms with Gasteiger partial charge in [-0.25, -0.2) is 12.7 Å². The zero-order valence-corrected chi connectivity index (χ0v) is 13.0. The second-order valence-electron chi connectivity index (χ2n) is 4.66. The lowest BCUT2D eigenvalue weighted by atomic mass is 10.3. The van der Waals surface area contributed by atoms with Crippen molar-refractivity contribution in [2.45, 2.75) is 4.90 Å². The number of rotatable bonds is 5. The molecule has 0 spiro atoms. The predicted octanol–water partition coefficient (Wildman–Crippen LogP) is 1.69. The summed E-state index contributed by atoms with van der Waals surface area (Å²) in [6.45, 7) is 0. The van der Waals surface area contributed by atoms with E-state index in [-0.39, 0.29) is 16.3 Å². The third-order valence-corrected chi connectivity index (χ3v) is 4.68. The van der Waals surface area contributed by atoms with E-state index in [2.05, 4.69) is 5.32 Å². The number of nitro groups is 1. The van der Waals surface area contributed by atoms with E-state index in [1.54, 1.807) is 0 Å². The van der Waals surface area contributed by atoms with Crippen molar-refractivity contribution >= 4 is 27.5 Å². The molecule has 2 aromatic rings. The fraction of sp³-hybridized carbons (Fsp3) is 0.154. The Bertz CT molecular complexity index is 856. The molecule has 1 heterocycles. The minimum atomic E-state index is -3.64. The van der Waals surface area contributed by atoms with Gasteiger partial charge in [0.1, 0.15) is 4.92 Å². The zero-order valence-electron chi connectivity index (χ0n) is 12.2. The minimum Gasteiger partial charge on any atom is -0.395 e. The maximum Gasteiger partial charge on any atom is 0.433 e. The van der Waals surface area contributed by atoms with Crippen LogP contribution in [0.2, 0.25) is 0 Å². The molecule has 10 heteroatoms. The fourth-order valence-electron chi connectivity index (χ4n) is 1.69. The summed E-state index contributed by atoms with van der Waals surface area (Å²) in [6.07, 6.45) is 0. The SMILES string of the molecule is CN(C)S(=O)(=O)c1cccc(NC(=O)c2ccc([N+](=O)[O-])o2)c1. The average molecular weight is 339 g/mol. The van der Waals surface area contributed by atoms with Crippen LogP contribution in [-0.2, 0) is 10.0 Å². The lowest BCUT2D eigenvalue weighted by molar-refractivity contribution is -0.402. The van der Waals surface area contributed by atoms with Crippen molar-refractivity contribution in [1.29, 1.82) is 0 Å². The van der Waals surface area contributed by atoms with Gasteiger partial charge >= 0.3 is 5.88 Å². The van der Waals surface area contributed by atoms with E-state index in [0.29, 0.717) is 0 Å². The molecule has 1 N–H and O–H groups in total. The van der Waals surface area contributed by atoms with Gasteiger partial charge in [0.15, 0.2) is 5.76 Å². The van der Waals surface area contributed by atoms with Crippen molar-refractivity contribution in [3.05, 3.63) is 52.3 Å². The Morgan fingerprint density at radius 3 is 2.52 bits per heavy atom. The second-order valence-corrected chi connectivity index (χ2v) is 6.82. The number of hydrogen-bond donors (Lipinski definition) is 1. The molecule has 0 bridgehead atoms. The monoisotopic (exact) mass is 339 g/mol. The van der Waals surface area contributed by atoms with Gasteiger partial charge in [0.05, 0.1) is 11.0 Å². The highest BCUT2D eigenvalue weighted by molar-refractivity contribution is 7.89. The number of amides is 1. The Hall–Kier alpha value is -2.72. The van der Waals surface area contributed by atoms with Crippen molar-refractivity contribution in [2.75, 3.05) is 19.4 Å². The highest BCUT2D eigenvalue weighted by Gasteiger charge is 2.20. The number of furan rings is 1. The van der Waals surface area contributed by atoms with Gasteiger partial charge in [-0.05, 0) is 24.3 Å². The van der Waals surface area contributed by atoms with Crippen LogP contribution in [0.3, 0.4) is 0 Å². The molecule has 0 fully saturated rings. The van der Waals surface area contributed by atoms with E-state index in [4.69, 9.17) is 4.42 Å². The van der Waals surface area contributed by atoms with E-state index in [0.717, 1.165) is 16.4 Å². The number of nitrogens with zero attached hydrogens (tertiary/aromatic N) is 2. The molecule has 0 saturated heterocycles. The van der Waals surface area contributed by atoms with Crippen molar-refractivity contribution in [3.8, 4) is 0 Å². The lowest BCUT2D eigenvalue weighted by Crippen LogP contribution is -2.22. The first-order chi connectivity index (χ1) is 10.7. The van der Waals surface area contributed by atoms with Crippen LogP contribution >= 0.6 is 0 Å². The number of hydrogen-bond acceptors (Lipinski definition) is 6. The third kappa shape index (κ3) is 3.55. The molecule has 1 aromatic carbocycles.